The fourth-order valence-electron chi connectivity index (χ4n) is 1.90. The van der Waals surface area contributed by atoms with Crippen molar-refractivity contribution in [1.29, 1.82) is 0 Å². The smallest absolute Gasteiger partial charge is 0.241 e. The molecule has 1 aliphatic rings. The lowest BCUT2D eigenvalue weighted by molar-refractivity contribution is 0.282. The second-order valence-electron chi connectivity index (χ2n) is 5.11. The molecule has 2 N–H and O–H groups in total. The SMILES string of the molecule is CC1(C)CC1CNS(=O)(=O)c1ccsc1CO. The van der Waals surface area contributed by atoms with E-state index in [-0.39, 0.29) is 16.9 Å². The molecule has 4 nitrogen and oxygen atoms in total. The highest BCUT2D eigenvalue weighted by molar-refractivity contribution is 7.89. The van der Waals surface area contributed by atoms with E-state index in [1.165, 1.54) is 17.4 Å². The second kappa shape index (κ2) is 4.35. The van der Waals surface area contributed by atoms with Gasteiger partial charge in [-0.2, -0.15) is 0 Å². The van der Waals surface area contributed by atoms with Crippen LogP contribution in [0.3, 0.4) is 0 Å². The Morgan fingerprint density at radius 3 is 2.76 bits per heavy atom. The van der Waals surface area contributed by atoms with E-state index in [1.54, 1.807) is 5.38 Å². The maximum atomic E-state index is 12.0. The lowest BCUT2D eigenvalue weighted by Crippen LogP contribution is -2.27. The second-order valence-corrected chi connectivity index (χ2v) is 7.84. The Bertz CT molecular complexity index is 505. The number of thiophene rings is 1. The molecular formula is C11H17NO3S2. The van der Waals surface area contributed by atoms with E-state index < -0.39 is 10.0 Å². The van der Waals surface area contributed by atoms with Crippen LogP contribution in [0.5, 0.6) is 0 Å². The third-order valence-corrected chi connectivity index (χ3v) is 5.92. The van der Waals surface area contributed by atoms with Crippen molar-refractivity contribution >= 4 is 21.4 Å². The molecule has 1 atom stereocenters. The van der Waals surface area contributed by atoms with E-state index in [2.05, 4.69) is 18.6 Å². The molecule has 1 aliphatic carbocycles. The number of aliphatic hydroxyl groups is 1. The van der Waals surface area contributed by atoms with Crippen molar-refractivity contribution in [1.82, 2.24) is 4.72 Å². The molecule has 1 aromatic rings. The molecule has 1 unspecified atom stereocenters. The summed E-state index contributed by atoms with van der Waals surface area (Å²) in [6.07, 6.45) is 1.06. The molecule has 0 spiro atoms. The molecule has 0 aromatic carbocycles. The molecule has 17 heavy (non-hydrogen) atoms. The topological polar surface area (TPSA) is 66.4 Å². The Labute approximate surface area is 106 Å². The van der Waals surface area contributed by atoms with Crippen LogP contribution in [0.15, 0.2) is 16.3 Å². The first-order valence-electron chi connectivity index (χ1n) is 5.54. The van der Waals surface area contributed by atoms with Crippen molar-refractivity contribution < 1.29 is 13.5 Å². The summed E-state index contributed by atoms with van der Waals surface area (Å²) in [5, 5.41) is 10.7. The largest absolute Gasteiger partial charge is 0.391 e. The minimum atomic E-state index is -3.46. The number of hydrogen-bond donors (Lipinski definition) is 2. The van der Waals surface area contributed by atoms with Gasteiger partial charge in [0.25, 0.3) is 0 Å². The van der Waals surface area contributed by atoms with Crippen LogP contribution >= 0.6 is 11.3 Å². The fraction of sp³-hybridized carbons (Fsp3) is 0.636. The summed E-state index contributed by atoms with van der Waals surface area (Å²) in [5.41, 5.74) is 0.261. The van der Waals surface area contributed by atoms with Crippen molar-refractivity contribution in [3.63, 3.8) is 0 Å². The number of hydrogen-bond acceptors (Lipinski definition) is 4. The minimum absolute atomic E-state index is 0.212. The van der Waals surface area contributed by atoms with E-state index in [0.717, 1.165) is 6.42 Å². The van der Waals surface area contributed by atoms with Crippen molar-refractivity contribution in [2.45, 2.75) is 31.8 Å². The molecule has 1 fully saturated rings. The first-order valence-corrected chi connectivity index (χ1v) is 7.90. The number of rotatable bonds is 5. The highest BCUT2D eigenvalue weighted by Crippen LogP contribution is 2.51. The average Bonchev–Trinajstić information content (AvgIpc) is 2.66. The Balaban J connectivity index is 2.05. The van der Waals surface area contributed by atoms with Crippen LogP contribution in [0.1, 0.15) is 25.1 Å². The normalized spacial score (nSPS) is 22.6. The molecule has 2 rings (SSSR count). The molecule has 0 radical (unpaired) electrons. The predicted octanol–water partition coefficient (Wildman–Crippen LogP) is 1.56. The summed E-state index contributed by atoms with van der Waals surface area (Å²) in [6, 6.07) is 1.54. The van der Waals surface area contributed by atoms with Gasteiger partial charge in [-0.05, 0) is 29.2 Å². The van der Waals surface area contributed by atoms with Gasteiger partial charge >= 0.3 is 0 Å². The van der Waals surface area contributed by atoms with Gasteiger partial charge in [0.05, 0.1) is 11.5 Å². The average molecular weight is 275 g/mol. The van der Waals surface area contributed by atoms with Crippen LogP contribution in [-0.4, -0.2) is 20.1 Å². The number of aliphatic hydroxyl groups excluding tert-OH is 1. The van der Waals surface area contributed by atoms with Gasteiger partial charge in [0.2, 0.25) is 10.0 Å². The Morgan fingerprint density at radius 1 is 1.59 bits per heavy atom. The third kappa shape index (κ3) is 2.70. The van der Waals surface area contributed by atoms with E-state index in [9.17, 15) is 8.42 Å². The zero-order valence-corrected chi connectivity index (χ0v) is 11.6. The first-order chi connectivity index (χ1) is 7.87. The summed E-state index contributed by atoms with van der Waals surface area (Å²) in [6.45, 7) is 4.52. The summed E-state index contributed by atoms with van der Waals surface area (Å²) in [5.74, 6) is 0.425. The molecule has 0 saturated heterocycles. The van der Waals surface area contributed by atoms with Gasteiger partial charge in [0, 0.05) is 11.4 Å². The van der Waals surface area contributed by atoms with Crippen LogP contribution in [0.2, 0.25) is 0 Å². The zero-order chi connectivity index (χ0) is 12.7. The molecule has 6 heteroatoms. The van der Waals surface area contributed by atoms with Crippen LogP contribution in [0, 0.1) is 11.3 Å². The number of nitrogens with one attached hydrogen (secondary N) is 1. The Hall–Kier alpha value is -0.430. The van der Waals surface area contributed by atoms with Gasteiger partial charge in [-0.3, -0.25) is 0 Å². The molecule has 0 bridgehead atoms. The Kier molecular flexibility index (Phi) is 3.33. The van der Waals surface area contributed by atoms with Crippen molar-refractivity contribution in [2.24, 2.45) is 11.3 Å². The minimum Gasteiger partial charge on any atom is -0.391 e. The van der Waals surface area contributed by atoms with Gasteiger partial charge in [-0.1, -0.05) is 13.8 Å². The summed E-state index contributed by atoms with van der Waals surface area (Å²) in [7, 11) is -3.46. The van der Waals surface area contributed by atoms with E-state index in [1.807, 2.05) is 0 Å². The highest BCUT2D eigenvalue weighted by Gasteiger charge is 2.45. The lowest BCUT2D eigenvalue weighted by atomic mass is 10.1. The molecule has 0 amide bonds. The summed E-state index contributed by atoms with van der Waals surface area (Å²) < 4.78 is 26.6. The maximum absolute atomic E-state index is 12.0. The monoisotopic (exact) mass is 275 g/mol. The van der Waals surface area contributed by atoms with Crippen molar-refractivity contribution in [3.05, 3.63) is 16.3 Å². The van der Waals surface area contributed by atoms with E-state index >= 15 is 0 Å². The van der Waals surface area contributed by atoms with Crippen LogP contribution in [0.25, 0.3) is 0 Å². The maximum Gasteiger partial charge on any atom is 0.241 e. The highest BCUT2D eigenvalue weighted by atomic mass is 32.2. The molecule has 96 valence electrons. The molecule has 1 aromatic heterocycles. The summed E-state index contributed by atoms with van der Waals surface area (Å²) in [4.78, 5) is 0.705. The fourth-order valence-corrected chi connectivity index (χ4v) is 4.27. The Morgan fingerprint density at radius 2 is 2.24 bits per heavy atom. The molecule has 0 aliphatic heterocycles. The molecular weight excluding hydrogens is 258 g/mol. The van der Waals surface area contributed by atoms with Crippen LogP contribution < -0.4 is 4.72 Å². The quantitative estimate of drug-likeness (QED) is 0.857. The van der Waals surface area contributed by atoms with Crippen LogP contribution in [0.4, 0.5) is 0 Å². The predicted molar refractivity (Wildman–Crippen MR) is 67.3 cm³/mol. The standard InChI is InChI=1S/C11H17NO3S2/c1-11(2)5-8(11)6-12-17(14,15)10-3-4-16-9(10)7-13/h3-4,8,12-13H,5-7H2,1-2H3. The lowest BCUT2D eigenvalue weighted by Gasteiger charge is -2.07. The van der Waals surface area contributed by atoms with Crippen molar-refractivity contribution in [3.8, 4) is 0 Å². The van der Waals surface area contributed by atoms with Crippen molar-refractivity contribution in [2.75, 3.05) is 6.54 Å². The van der Waals surface area contributed by atoms with E-state index in [4.69, 9.17) is 5.11 Å². The molecule has 1 heterocycles. The van der Waals surface area contributed by atoms with Gasteiger partial charge in [-0.25, -0.2) is 13.1 Å². The van der Waals surface area contributed by atoms with Gasteiger partial charge < -0.3 is 5.11 Å². The molecule has 1 saturated carbocycles. The van der Waals surface area contributed by atoms with Gasteiger partial charge in [0.1, 0.15) is 0 Å². The van der Waals surface area contributed by atoms with Gasteiger partial charge in [-0.15, -0.1) is 11.3 Å². The number of sulfonamides is 1. The third-order valence-electron chi connectivity index (χ3n) is 3.37. The van der Waals surface area contributed by atoms with Crippen LogP contribution in [-0.2, 0) is 16.6 Å². The van der Waals surface area contributed by atoms with E-state index in [0.29, 0.717) is 17.3 Å². The first kappa shape index (κ1) is 13.0. The zero-order valence-electron chi connectivity index (χ0n) is 9.93. The van der Waals surface area contributed by atoms with Gasteiger partial charge in [0.15, 0.2) is 0 Å². The summed E-state index contributed by atoms with van der Waals surface area (Å²) >= 11 is 1.26.